The van der Waals surface area contributed by atoms with Gasteiger partial charge in [-0.05, 0) is 14.1 Å². The van der Waals surface area contributed by atoms with Gasteiger partial charge in [0.1, 0.15) is 6.29 Å². The van der Waals surface area contributed by atoms with Crippen LogP contribution in [0.5, 0.6) is 0 Å². The van der Waals surface area contributed by atoms with Crippen molar-refractivity contribution in [3.63, 3.8) is 0 Å². The first-order valence-electron chi connectivity index (χ1n) is 3.17. The lowest BCUT2D eigenvalue weighted by molar-refractivity contribution is -0.107. The van der Waals surface area contributed by atoms with Crippen molar-refractivity contribution in [2.24, 2.45) is 0 Å². The van der Waals surface area contributed by atoms with E-state index in [2.05, 4.69) is 10.6 Å². The molecule has 4 heteroatoms. The molecule has 0 radical (unpaired) electrons. The Morgan fingerprint density at radius 3 is 2.10 bits per heavy atom. The van der Waals surface area contributed by atoms with Crippen LogP contribution in [0.2, 0.25) is 0 Å². The van der Waals surface area contributed by atoms with E-state index < -0.39 is 0 Å². The Balaban J connectivity index is -0.000000107. The molecule has 0 fully saturated rings. The summed E-state index contributed by atoms with van der Waals surface area (Å²) in [6.07, 6.45) is 0.819. The van der Waals surface area contributed by atoms with Gasteiger partial charge in [-0.3, -0.25) is 0 Å². The fourth-order valence-electron chi connectivity index (χ4n) is 0.195. The Hall–Kier alpha value is -0.450. The van der Waals surface area contributed by atoms with Crippen molar-refractivity contribution in [2.45, 2.75) is 0 Å². The first-order chi connectivity index (χ1) is 4.83. The third kappa shape index (κ3) is 25.7. The molecule has 0 rings (SSSR count). The predicted octanol–water partition coefficient (Wildman–Crippen LogP) is -1.28. The van der Waals surface area contributed by atoms with E-state index in [9.17, 15) is 4.79 Å². The topological polar surface area (TPSA) is 61.4 Å². The summed E-state index contributed by atoms with van der Waals surface area (Å²) in [4.78, 5) is 9.34. The summed E-state index contributed by atoms with van der Waals surface area (Å²) in [6, 6.07) is 0. The van der Waals surface area contributed by atoms with E-state index in [0.717, 1.165) is 6.29 Å². The number of nitrogens with one attached hydrogen (secondary N) is 2. The number of hydrogen-bond donors (Lipinski definition) is 3. The zero-order chi connectivity index (χ0) is 8.24. The quantitative estimate of drug-likeness (QED) is 0.435. The van der Waals surface area contributed by atoms with E-state index in [1.165, 1.54) is 0 Å². The maximum atomic E-state index is 9.34. The molecule has 0 aliphatic rings. The molecule has 0 aromatic carbocycles. The van der Waals surface area contributed by atoms with Gasteiger partial charge in [0.15, 0.2) is 0 Å². The minimum atomic E-state index is 0. The average Bonchev–Trinajstić information content (AvgIpc) is 1.93. The van der Waals surface area contributed by atoms with Crippen molar-refractivity contribution in [2.75, 3.05) is 33.8 Å². The molecule has 0 aromatic rings. The maximum absolute atomic E-state index is 9.34. The number of carbonyl (C=O) groups excluding carboxylic acids is 1. The van der Waals surface area contributed by atoms with Crippen molar-refractivity contribution >= 4 is 6.29 Å². The van der Waals surface area contributed by atoms with Crippen LogP contribution in [-0.4, -0.2) is 45.2 Å². The van der Waals surface area contributed by atoms with Crippen LogP contribution in [0.4, 0.5) is 0 Å². The van der Waals surface area contributed by atoms with Gasteiger partial charge in [0, 0.05) is 6.54 Å². The predicted molar refractivity (Wildman–Crippen MR) is 42.1 cm³/mol. The molecule has 0 atom stereocenters. The van der Waals surface area contributed by atoms with Crippen molar-refractivity contribution in [1.29, 1.82) is 0 Å². The van der Waals surface area contributed by atoms with Crippen LogP contribution in [0.3, 0.4) is 0 Å². The van der Waals surface area contributed by atoms with Crippen molar-refractivity contribution in [3.05, 3.63) is 0 Å². The molecule has 0 aliphatic carbocycles. The van der Waals surface area contributed by atoms with Crippen molar-refractivity contribution < 1.29 is 11.3 Å². The minimum Gasteiger partial charge on any atom is -1.00 e. The van der Waals surface area contributed by atoms with Gasteiger partial charge < -0.3 is 22.0 Å². The number of rotatable bonds is 4. The molecule has 0 aliphatic heterocycles. The van der Waals surface area contributed by atoms with Crippen LogP contribution in [0.1, 0.15) is 1.43 Å². The zero-order valence-electron chi connectivity index (χ0n) is 7.55. The van der Waals surface area contributed by atoms with E-state index in [1.807, 2.05) is 0 Å². The van der Waals surface area contributed by atoms with Gasteiger partial charge in [0.2, 0.25) is 0 Å². The normalized spacial score (nSPS) is 7.90. The van der Waals surface area contributed by atoms with E-state index >= 15 is 0 Å². The summed E-state index contributed by atoms with van der Waals surface area (Å²) < 4.78 is 0. The molecule has 0 heterocycles. The van der Waals surface area contributed by atoms with E-state index in [1.54, 1.807) is 14.1 Å². The second-order valence-electron chi connectivity index (χ2n) is 1.55. The number of aldehydes is 1. The lowest BCUT2D eigenvalue weighted by Gasteiger charge is -1.84. The Labute approximate surface area is 63.1 Å². The van der Waals surface area contributed by atoms with Crippen LogP contribution < -0.4 is 10.6 Å². The second kappa shape index (κ2) is 15.8. The smallest absolute Gasteiger partial charge is 0.133 e. The summed E-state index contributed by atoms with van der Waals surface area (Å²) in [7, 11) is 3.53. The van der Waals surface area contributed by atoms with Gasteiger partial charge in [-0.1, -0.05) is 0 Å². The third-order valence-corrected chi connectivity index (χ3v) is 0.649. The van der Waals surface area contributed by atoms with Crippen molar-refractivity contribution in [1.82, 2.24) is 10.6 Å². The summed E-state index contributed by atoms with van der Waals surface area (Å²) in [6.45, 7) is 1.39. The number of aliphatic hydroxyl groups is 1. The lowest BCUT2D eigenvalue weighted by atomic mass is 10.7. The van der Waals surface area contributed by atoms with Gasteiger partial charge in [0.25, 0.3) is 0 Å². The highest BCUT2D eigenvalue weighted by molar-refractivity contribution is 5.51. The fourth-order valence-corrected chi connectivity index (χ4v) is 0.195. The summed E-state index contributed by atoms with van der Waals surface area (Å²) in [5.41, 5.74) is 0. The van der Waals surface area contributed by atoms with Gasteiger partial charge in [-0.15, -0.1) is 0 Å². The van der Waals surface area contributed by atoms with Crippen LogP contribution >= 0.6 is 0 Å². The Kier molecular flexibility index (Phi) is 19.4. The van der Waals surface area contributed by atoms with Crippen LogP contribution in [0.15, 0.2) is 0 Å². The maximum Gasteiger partial charge on any atom is 0.133 e. The van der Waals surface area contributed by atoms with Crippen LogP contribution in [-0.2, 0) is 4.79 Å². The average molecular weight is 149 g/mol. The van der Waals surface area contributed by atoms with Crippen molar-refractivity contribution in [3.8, 4) is 0 Å². The highest BCUT2D eigenvalue weighted by Gasteiger charge is 1.65. The van der Waals surface area contributed by atoms with Gasteiger partial charge in [0.05, 0.1) is 13.2 Å². The Bertz CT molecular complexity index is 62.5. The van der Waals surface area contributed by atoms with E-state index in [4.69, 9.17) is 5.11 Å². The van der Waals surface area contributed by atoms with Gasteiger partial charge >= 0.3 is 0 Å². The van der Waals surface area contributed by atoms with Gasteiger partial charge in [-0.2, -0.15) is 0 Å². The van der Waals surface area contributed by atoms with Crippen LogP contribution in [0, 0.1) is 0 Å². The highest BCUT2D eigenvalue weighted by atomic mass is 16.3. The molecule has 4 nitrogen and oxygen atoms in total. The third-order valence-electron chi connectivity index (χ3n) is 0.649. The molecule has 0 saturated heterocycles. The summed E-state index contributed by atoms with van der Waals surface area (Å²) >= 11 is 0. The standard InChI is InChI=1S/C3H9NO.C3H7NO.H/c2*1-4-2-3-5;/h4-5H,2-3H2,1H3;3-4H,2H2,1H3;/q;;-1. The number of aliphatic hydroxyl groups excluding tert-OH is 1. The SMILES string of the molecule is CNCC=O.CNCCO.[H-]. The summed E-state index contributed by atoms with van der Waals surface area (Å²) in [5, 5.41) is 13.4. The number of hydrogen-bond acceptors (Lipinski definition) is 4. The number of carbonyl (C=O) groups is 1. The molecule has 3 N–H and O–H groups in total. The zero-order valence-corrected chi connectivity index (χ0v) is 6.55. The summed E-state index contributed by atoms with van der Waals surface area (Å²) in [5.74, 6) is 0. The first-order valence-corrected chi connectivity index (χ1v) is 3.17. The molecular formula is C6H17N2O2-. The molecule has 0 amide bonds. The van der Waals surface area contributed by atoms with E-state index in [-0.39, 0.29) is 8.03 Å². The minimum absolute atomic E-state index is 0. The van der Waals surface area contributed by atoms with E-state index in [0.29, 0.717) is 13.1 Å². The first kappa shape index (κ1) is 12.2. The molecule has 0 spiro atoms. The lowest BCUT2D eigenvalue weighted by Crippen LogP contribution is -2.10. The highest BCUT2D eigenvalue weighted by Crippen LogP contribution is 1.42. The van der Waals surface area contributed by atoms with Crippen LogP contribution in [0.25, 0.3) is 0 Å². The Morgan fingerprint density at radius 1 is 1.50 bits per heavy atom. The molecule has 0 saturated carbocycles. The molecular weight excluding hydrogens is 132 g/mol. The molecule has 64 valence electrons. The second-order valence-corrected chi connectivity index (χ2v) is 1.55. The molecule has 0 bridgehead atoms. The number of likely N-dealkylation sites (N-methyl/N-ethyl adjacent to an activating group) is 2. The molecule has 0 unspecified atom stereocenters. The Morgan fingerprint density at radius 2 is 2.10 bits per heavy atom. The van der Waals surface area contributed by atoms with Gasteiger partial charge in [-0.25, -0.2) is 0 Å². The molecule has 0 aromatic heterocycles. The fraction of sp³-hybridized carbons (Fsp3) is 0.833. The monoisotopic (exact) mass is 149 g/mol. The molecule has 10 heavy (non-hydrogen) atoms. The largest absolute Gasteiger partial charge is 1.00 e.